The lowest BCUT2D eigenvalue weighted by Crippen LogP contribution is -2.16. The van der Waals surface area contributed by atoms with E-state index in [1.54, 1.807) is 42.8 Å². The molecule has 134 valence electrons. The first kappa shape index (κ1) is 17.8. The molecule has 0 aliphatic carbocycles. The lowest BCUT2D eigenvalue weighted by Gasteiger charge is -2.11. The molecule has 2 amide bonds. The van der Waals surface area contributed by atoms with Crippen molar-refractivity contribution in [1.29, 1.82) is 0 Å². The van der Waals surface area contributed by atoms with E-state index in [-0.39, 0.29) is 17.6 Å². The highest BCUT2D eigenvalue weighted by molar-refractivity contribution is 7.13. The summed E-state index contributed by atoms with van der Waals surface area (Å²) < 4.78 is 5.10. The van der Waals surface area contributed by atoms with Crippen LogP contribution in [-0.2, 0) is 0 Å². The van der Waals surface area contributed by atoms with E-state index in [0.717, 1.165) is 0 Å². The summed E-state index contributed by atoms with van der Waals surface area (Å²) in [5, 5.41) is 11.7. The lowest BCUT2D eigenvalue weighted by molar-refractivity contribution is 0.0985. The summed E-state index contributed by atoms with van der Waals surface area (Å²) in [7, 11) is 0. The summed E-state index contributed by atoms with van der Waals surface area (Å²) in [6, 6.07) is 6.75. The standard InChI is InChI=1S/C18H18N4O3S/c1-10(2)14-9-15(25-22-14)17(24)20-13-6-4-5-12(11(13)3)16(23)21-18-19-7-8-26-18/h4-10H,1-3H3,(H,20,24)(H,19,21,23). The average molecular weight is 370 g/mol. The fourth-order valence-corrected chi connectivity index (χ4v) is 2.84. The normalized spacial score (nSPS) is 10.8. The SMILES string of the molecule is Cc1c(NC(=O)c2cc(C(C)C)no2)cccc1C(=O)Nc1nccs1. The number of thiazole rings is 1. The molecule has 7 nitrogen and oxygen atoms in total. The third-order valence-electron chi connectivity index (χ3n) is 3.82. The van der Waals surface area contributed by atoms with Gasteiger partial charge < -0.3 is 9.84 Å². The Kier molecular flexibility index (Phi) is 5.13. The van der Waals surface area contributed by atoms with E-state index in [1.165, 1.54) is 11.3 Å². The number of nitrogens with one attached hydrogen (secondary N) is 2. The van der Waals surface area contributed by atoms with Crippen LogP contribution in [0.4, 0.5) is 10.8 Å². The van der Waals surface area contributed by atoms with Gasteiger partial charge in [0, 0.05) is 28.9 Å². The molecule has 2 heterocycles. The van der Waals surface area contributed by atoms with Crippen molar-refractivity contribution in [3.63, 3.8) is 0 Å². The summed E-state index contributed by atoms with van der Waals surface area (Å²) in [6.45, 7) is 5.70. The largest absolute Gasteiger partial charge is 0.351 e. The second-order valence-electron chi connectivity index (χ2n) is 5.99. The van der Waals surface area contributed by atoms with E-state index in [2.05, 4.69) is 20.8 Å². The number of anilines is 2. The maximum atomic E-state index is 12.4. The van der Waals surface area contributed by atoms with Crippen LogP contribution < -0.4 is 10.6 Å². The fourth-order valence-electron chi connectivity index (χ4n) is 2.32. The zero-order chi connectivity index (χ0) is 18.7. The van der Waals surface area contributed by atoms with E-state index < -0.39 is 5.91 Å². The number of hydrogen-bond acceptors (Lipinski definition) is 6. The van der Waals surface area contributed by atoms with Crippen LogP contribution in [0.1, 0.15) is 51.9 Å². The van der Waals surface area contributed by atoms with Crippen molar-refractivity contribution in [1.82, 2.24) is 10.1 Å². The summed E-state index contributed by atoms with van der Waals surface area (Å²) in [5.74, 6) is -0.397. The predicted molar refractivity (Wildman–Crippen MR) is 99.8 cm³/mol. The van der Waals surface area contributed by atoms with Crippen molar-refractivity contribution in [3.8, 4) is 0 Å². The molecule has 0 fully saturated rings. The third kappa shape index (κ3) is 3.80. The molecule has 3 aromatic rings. The van der Waals surface area contributed by atoms with Crippen LogP contribution in [0.15, 0.2) is 40.4 Å². The molecular formula is C18H18N4O3S. The number of aromatic nitrogens is 2. The van der Waals surface area contributed by atoms with E-state index in [4.69, 9.17) is 4.52 Å². The number of benzene rings is 1. The van der Waals surface area contributed by atoms with Gasteiger partial charge in [-0.3, -0.25) is 14.9 Å². The Morgan fingerprint density at radius 2 is 2.00 bits per heavy atom. The van der Waals surface area contributed by atoms with Crippen LogP contribution in [0.5, 0.6) is 0 Å². The topological polar surface area (TPSA) is 97.1 Å². The maximum Gasteiger partial charge on any atom is 0.294 e. The summed E-state index contributed by atoms with van der Waals surface area (Å²) >= 11 is 1.34. The molecule has 0 spiro atoms. The Morgan fingerprint density at radius 3 is 2.65 bits per heavy atom. The Balaban J connectivity index is 1.78. The second kappa shape index (κ2) is 7.49. The van der Waals surface area contributed by atoms with Crippen molar-refractivity contribution in [3.05, 3.63) is 58.4 Å². The van der Waals surface area contributed by atoms with Crippen LogP contribution >= 0.6 is 11.3 Å². The minimum absolute atomic E-state index is 0.130. The first-order chi connectivity index (χ1) is 12.5. The molecule has 0 atom stereocenters. The smallest absolute Gasteiger partial charge is 0.294 e. The first-order valence-corrected chi connectivity index (χ1v) is 8.92. The zero-order valence-corrected chi connectivity index (χ0v) is 15.4. The molecule has 0 saturated heterocycles. The molecule has 0 saturated carbocycles. The summed E-state index contributed by atoms with van der Waals surface area (Å²) in [5.41, 5.74) is 2.35. The first-order valence-electron chi connectivity index (χ1n) is 8.04. The van der Waals surface area contributed by atoms with Gasteiger partial charge in [0.25, 0.3) is 11.8 Å². The highest BCUT2D eigenvalue weighted by Crippen LogP contribution is 2.22. The second-order valence-corrected chi connectivity index (χ2v) is 6.89. The monoisotopic (exact) mass is 370 g/mol. The quantitative estimate of drug-likeness (QED) is 0.706. The van der Waals surface area contributed by atoms with Gasteiger partial charge in [-0.25, -0.2) is 4.98 Å². The minimum atomic E-state index is -0.412. The van der Waals surface area contributed by atoms with Crippen molar-refractivity contribution in [2.45, 2.75) is 26.7 Å². The average Bonchev–Trinajstić information content (AvgIpc) is 3.28. The number of nitrogens with zero attached hydrogens (tertiary/aromatic N) is 2. The molecule has 0 aliphatic heterocycles. The van der Waals surface area contributed by atoms with Crippen LogP contribution in [0.3, 0.4) is 0 Å². The molecule has 0 aliphatic rings. The van der Waals surface area contributed by atoms with Gasteiger partial charge in [-0.2, -0.15) is 0 Å². The van der Waals surface area contributed by atoms with Crippen LogP contribution in [-0.4, -0.2) is 22.0 Å². The van der Waals surface area contributed by atoms with Crippen molar-refractivity contribution < 1.29 is 14.1 Å². The highest BCUT2D eigenvalue weighted by atomic mass is 32.1. The maximum absolute atomic E-state index is 12.4. The van der Waals surface area contributed by atoms with E-state index in [9.17, 15) is 9.59 Å². The molecule has 1 aromatic carbocycles. The van der Waals surface area contributed by atoms with Gasteiger partial charge in [-0.05, 0) is 30.5 Å². The molecular weight excluding hydrogens is 352 g/mol. The number of carbonyl (C=O) groups is 2. The molecule has 26 heavy (non-hydrogen) atoms. The fraction of sp³-hybridized carbons (Fsp3) is 0.222. The number of amides is 2. The van der Waals surface area contributed by atoms with Crippen LogP contribution in [0.2, 0.25) is 0 Å². The van der Waals surface area contributed by atoms with E-state index in [0.29, 0.717) is 27.6 Å². The molecule has 2 aromatic heterocycles. The van der Waals surface area contributed by atoms with Crippen LogP contribution in [0.25, 0.3) is 0 Å². The van der Waals surface area contributed by atoms with E-state index in [1.807, 2.05) is 13.8 Å². The number of rotatable bonds is 5. The Bertz CT molecular complexity index is 932. The van der Waals surface area contributed by atoms with Gasteiger partial charge in [0.2, 0.25) is 5.76 Å². The van der Waals surface area contributed by atoms with Crippen molar-refractivity contribution >= 4 is 34.0 Å². The van der Waals surface area contributed by atoms with E-state index >= 15 is 0 Å². The molecule has 0 bridgehead atoms. The number of hydrogen-bond donors (Lipinski definition) is 2. The Hall–Kier alpha value is -3.00. The van der Waals surface area contributed by atoms with Gasteiger partial charge in [0.1, 0.15) is 0 Å². The summed E-state index contributed by atoms with van der Waals surface area (Å²) in [6.07, 6.45) is 1.62. The molecule has 2 N–H and O–H groups in total. The van der Waals surface area contributed by atoms with Gasteiger partial charge >= 0.3 is 0 Å². The number of carbonyl (C=O) groups excluding carboxylic acids is 2. The van der Waals surface area contributed by atoms with Gasteiger partial charge in [-0.1, -0.05) is 25.1 Å². The molecule has 0 unspecified atom stereocenters. The molecule has 8 heteroatoms. The Morgan fingerprint density at radius 1 is 1.19 bits per heavy atom. The van der Waals surface area contributed by atoms with Gasteiger partial charge in [0.05, 0.1) is 5.69 Å². The third-order valence-corrected chi connectivity index (χ3v) is 4.51. The van der Waals surface area contributed by atoms with Gasteiger partial charge in [0.15, 0.2) is 5.13 Å². The predicted octanol–water partition coefficient (Wildman–Crippen LogP) is 4.07. The molecule has 3 rings (SSSR count). The van der Waals surface area contributed by atoms with Crippen molar-refractivity contribution in [2.24, 2.45) is 0 Å². The highest BCUT2D eigenvalue weighted by Gasteiger charge is 2.18. The minimum Gasteiger partial charge on any atom is -0.351 e. The molecule has 0 radical (unpaired) electrons. The summed E-state index contributed by atoms with van der Waals surface area (Å²) in [4.78, 5) is 28.9. The van der Waals surface area contributed by atoms with Crippen molar-refractivity contribution in [2.75, 3.05) is 10.6 Å². The lowest BCUT2D eigenvalue weighted by atomic mass is 10.1. The van der Waals surface area contributed by atoms with Crippen LogP contribution in [0, 0.1) is 6.92 Å². The Labute approximate surface area is 154 Å². The van der Waals surface area contributed by atoms with Gasteiger partial charge in [-0.15, -0.1) is 11.3 Å². The zero-order valence-electron chi connectivity index (χ0n) is 14.6.